The molecule has 1 fully saturated rings. The summed E-state index contributed by atoms with van der Waals surface area (Å²) in [7, 11) is 1.40. The van der Waals surface area contributed by atoms with E-state index in [0.29, 0.717) is 36.2 Å². The number of thiophene rings is 1. The van der Waals surface area contributed by atoms with Crippen LogP contribution in [-0.4, -0.2) is 56.7 Å². The Labute approximate surface area is 165 Å². The van der Waals surface area contributed by atoms with Crippen LogP contribution in [0.3, 0.4) is 0 Å². The van der Waals surface area contributed by atoms with E-state index in [4.69, 9.17) is 9.47 Å². The van der Waals surface area contributed by atoms with E-state index in [-0.39, 0.29) is 17.3 Å². The maximum atomic E-state index is 12.5. The molecule has 1 amide bonds. The van der Waals surface area contributed by atoms with Crippen LogP contribution in [0.15, 0.2) is 0 Å². The predicted molar refractivity (Wildman–Crippen MR) is 107 cm³/mol. The first-order valence-corrected chi connectivity index (χ1v) is 10.4. The van der Waals surface area contributed by atoms with Crippen molar-refractivity contribution >= 4 is 28.2 Å². The molecule has 0 saturated carbocycles. The molecular formula is C20H30N2O4S. The first-order chi connectivity index (χ1) is 12.8. The normalized spacial score (nSPS) is 20.8. The van der Waals surface area contributed by atoms with Crippen LogP contribution in [0.25, 0.3) is 0 Å². The number of carbonyl (C=O) groups is 2. The van der Waals surface area contributed by atoms with Crippen LogP contribution in [-0.2, 0) is 27.1 Å². The summed E-state index contributed by atoms with van der Waals surface area (Å²) >= 11 is 1.54. The molecule has 0 spiro atoms. The fourth-order valence-electron chi connectivity index (χ4n) is 3.86. The minimum Gasteiger partial charge on any atom is -0.465 e. The molecule has 7 heteroatoms. The third kappa shape index (κ3) is 4.70. The summed E-state index contributed by atoms with van der Waals surface area (Å²) in [5.41, 5.74) is 1.85. The van der Waals surface area contributed by atoms with Crippen molar-refractivity contribution in [1.82, 2.24) is 4.90 Å². The summed E-state index contributed by atoms with van der Waals surface area (Å²) < 4.78 is 10.3. The van der Waals surface area contributed by atoms with Crippen molar-refractivity contribution < 1.29 is 19.1 Å². The lowest BCUT2D eigenvalue weighted by atomic mass is 9.72. The van der Waals surface area contributed by atoms with Gasteiger partial charge in [-0.25, -0.2) is 4.79 Å². The number of methoxy groups -OCH3 is 1. The maximum absolute atomic E-state index is 12.5. The highest BCUT2D eigenvalue weighted by Gasteiger charge is 2.34. The number of carbonyl (C=O) groups excluding carboxylic acids is 2. The summed E-state index contributed by atoms with van der Waals surface area (Å²) in [4.78, 5) is 28.2. The smallest absolute Gasteiger partial charge is 0.341 e. The van der Waals surface area contributed by atoms with Crippen LogP contribution >= 0.6 is 11.3 Å². The molecule has 1 saturated heterocycles. The van der Waals surface area contributed by atoms with Gasteiger partial charge in [-0.2, -0.15) is 0 Å². The van der Waals surface area contributed by atoms with Gasteiger partial charge in [-0.3, -0.25) is 9.69 Å². The van der Waals surface area contributed by atoms with Crippen LogP contribution in [0.4, 0.5) is 5.00 Å². The number of hydrogen-bond donors (Lipinski definition) is 1. The second-order valence-corrected chi connectivity index (χ2v) is 9.55. The first kappa shape index (κ1) is 20.3. The van der Waals surface area contributed by atoms with E-state index in [9.17, 15) is 9.59 Å². The molecule has 2 heterocycles. The van der Waals surface area contributed by atoms with Gasteiger partial charge in [0.1, 0.15) is 5.00 Å². The Kier molecular flexibility index (Phi) is 6.23. The van der Waals surface area contributed by atoms with Gasteiger partial charge in [0.25, 0.3) is 0 Å². The van der Waals surface area contributed by atoms with E-state index < -0.39 is 0 Å². The standard InChI is InChI=1S/C20H30N2O4S/c1-20(2,3)13-5-6-14-15(11-13)27-18(17(14)19(24)25-4)21-16(23)12-22-7-9-26-10-8-22/h13H,5-12H2,1-4H3,(H,21,23)/t13-/m0/s1. The first-order valence-electron chi connectivity index (χ1n) is 9.62. The van der Waals surface area contributed by atoms with Crippen LogP contribution in [0.5, 0.6) is 0 Å². The fraction of sp³-hybridized carbons (Fsp3) is 0.700. The van der Waals surface area contributed by atoms with E-state index in [2.05, 4.69) is 31.0 Å². The Morgan fingerprint density at radius 1 is 1.30 bits per heavy atom. The predicted octanol–water partition coefficient (Wildman–Crippen LogP) is 2.96. The van der Waals surface area contributed by atoms with Crippen LogP contribution in [0.2, 0.25) is 0 Å². The number of hydrogen-bond acceptors (Lipinski definition) is 6. The van der Waals surface area contributed by atoms with Crippen molar-refractivity contribution in [2.75, 3.05) is 45.3 Å². The van der Waals surface area contributed by atoms with E-state index in [1.54, 1.807) is 0 Å². The van der Waals surface area contributed by atoms with Crippen LogP contribution in [0.1, 0.15) is 48.0 Å². The Bertz CT molecular complexity index is 702. The average Bonchev–Trinajstić information content (AvgIpc) is 2.97. The minimum absolute atomic E-state index is 0.0898. The maximum Gasteiger partial charge on any atom is 0.341 e. The Balaban J connectivity index is 1.79. The zero-order valence-corrected chi connectivity index (χ0v) is 17.5. The molecule has 27 heavy (non-hydrogen) atoms. The lowest BCUT2D eigenvalue weighted by Crippen LogP contribution is -2.41. The van der Waals surface area contributed by atoms with Gasteiger partial charge >= 0.3 is 5.97 Å². The average molecular weight is 395 g/mol. The highest BCUT2D eigenvalue weighted by Crippen LogP contribution is 2.44. The summed E-state index contributed by atoms with van der Waals surface area (Å²) in [5.74, 6) is 0.127. The topological polar surface area (TPSA) is 67.9 Å². The monoisotopic (exact) mass is 394 g/mol. The highest BCUT2D eigenvalue weighted by atomic mass is 32.1. The van der Waals surface area contributed by atoms with E-state index in [1.807, 2.05) is 0 Å². The van der Waals surface area contributed by atoms with Gasteiger partial charge in [0, 0.05) is 18.0 Å². The highest BCUT2D eigenvalue weighted by molar-refractivity contribution is 7.17. The number of esters is 1. The number of amides is 1. The number of nitrogens with zero attached hydrogens (tertiary/aromatic N) is 1. The molecule has 6 nitrogen and oxygen atoms in total. The van der Waals surface area contributed by atoms with Gasteiger partial charge in [-0.05, 0) is 36.2 Å². The Hall–Kier alpha value is -1.44. The molecule has 1 N–H and O–H groups in total. The molecule has 0 aromatic carbocycles. The number of nitrogens with one attached hydrogen (secondary N) is 1. The summed E-state index contributed by atoms with van der Waals surface area (Å²) in [6, 6.07) is 0. The molecule has 2 aliphatic rings. The SMILES string of the molecule is COC(=O)c1c(NC(=O)CN2CCOCC2)sc2c1CC[C@H](C(C)(C)C)C2. The van der Waals surface area contributed by atoms with Crippen molar-refractivity contribution in [3.63, 3.8) is 0 Å². The van der Waals surface area contributed by atoms with E-state index >= 15 is 0 Å². The number of ether oxygens (including phenoxy) is 2. The third-order valence-corrected chi connectivity index (χ3v) is 6.77. The van der Waals surface area contributed by atoms with E-state index in [1.165, 1.54) is 23.3 Å². The van der Waals surface area contributed by atoms with Crippen molar-refractivity contribution in [1.29, 1.82) is 0 Å². The second-order valence-electron chi connectivity index (χ2n) is 8.44. The molecule has 1 aliphatic carbocycles. The van der Waals surface area contributed by atoms with Gasteiger partial charge in [0.2, 0.25) is 5.91 Å². The minimum atomic E-state index is -0.358. The van der Waals surface area contributed by atoms with Crippen molar-refractivity contribution in [2.24, 2.45) is 11.3 Å². The molecule has 1 aromatic rings. The molecule has 1 atom stereocenters. The van der Waals surface area contributed by atoms with Gasteiger partial charge in [0.05, 0.1) is 32.4 Å². The largest absolute Gasteiger partial charge is 0.465 e. The molecule has 150 valence electrons. The second kappa shape index (κ2) is 8.29. The van der Waals surface area contributed by atoms with Crippen LogP contribution in [0, 0.1) is 11.3 Å². The molecule has 3 rings (SSSR count). The molecular weight excluding hydrogens is 364 g/mol. The molecule has 0 unspecified atom stereocenters. The van der Waals surface area contributed by atoms with Crippen molar-refractivity contribution in [2.45, 2.75) is 40.0 Å². The zero-order valence-electron chi connectivity index (χ0n) is 16.7. The third-order valence-electron chi connectivity index (χ3n) is 5.60. The lowest BCUT2D eigenvalue weighted by molar-refractivity contribution is -0.118. The number of rotatable bonds is 4. The van der Waals surface area contributed by atoms with E-state index in [0.717, 1.165) is 37.9 Å². The van der Waals surface area contributed by atoms with Crippen LogP contribution < -0.4 is 5.32 Å². The fourth-order valence-corrected chi connectivity index (χ4v) is 5.19. The Morgan fingerprint density at radius 3 is 2.63 bits per heavy atom. The van der Waals surface area contributed by atoms with Gasteiger partial charge < -0.3 is 14.8 Å². The summed E-state index contributed by atoms with van der Waals surface area (Å²) in [6.07, 6.45) is 2.86. The lowest BCUT2D eigenvalue weighted by Gasteiger charge is -2.33. The number of morpholine rings is 1. The summed E-state index contributed by atoms with van der Waals surface area (Å²) in [6.45, 7) is 9.94. The van der Waals surface area contributed by atoms with Crippen molar-refractivity contribution in [3.8, 4) is 0 Å². The summed E-state index contributed by atoms with van der Waals surface area (Å²) in [5, 5.41) is 3.62. The van der Waals surface area contributed by atoms with Gasteiger partial charge in [-0.15, -0.1) is 11.3 Å². The van der Waals surface area contributed by atoms with Gasteiger partial charge in [-0.1, -0.05) is 20.8 Å². The van der Waals surface area contributed by atoms with Gasteiger partial charge in [0.15, 0.2) is 0 Å². The quantitative estimate of drug-likeness (QED) is 0.796. The molecule has 1 aromatic heterocycles. The number of anilines is 1. The molecule has 0 radical (unpaired) electrons. The molecule has 0 bridgehead atoms. The molecule has 1 aliphatic heterocycles. The number of fused-ring (bicyclic) bond motifs is 1. The Morgan fingerprint density at radius 2 is 2.00 bits per heavy atom. The van der Waals surface area contributed by atoms with Crippen molar-refractivity contribution in [3.05, 3.63) is 16.0 Å². The zero-order chi connectivity index (χ0) is 19.6.